The first-order valence-corrected chi connectivity index (χ1v) is 11.0. The third-order valence-corrected chi connectivity index (χ3v) is 6.31. The van der Waals surface area contributed by atoms with E-state index in [9.17, 15) is 5.11 Å². The third kappa shape index (κ3) is 4.06. The van der Waals surface area contributed by atoms with Gasteiger partial charge in [0.1, 0.15) is 5.75 Å². The van der Waals surface area contributed by atoms with Crippen LogP contribution in [0.2, 0.25) is 0 Å². The lowest BCUT2D eigenvalue weighted by Gasteiger charge is -2.37. The van der Waals surface area contributed by atoms with Gasteiger partial charge in [-0.15, -0.1) is 0 Å². The van der Waals surface area contributed by atoms with Gasteiger partial charge in [0.15, 0.2) is 0 Å². The summed E-state index contributed by atoms with van der Waals surface area (Å²) in [7, 11) is 0. The molecule has 0 amide bonds. The maximum Gasteiger partial charge on any atom is 0.124 e. The van der Waals surface area contributed by atoms with Crippen LogP contribution < -0.4 is 4.90 Å². The van der Waals surface area contributed by atoms with Crippen LogP contribution in [-0.4, -0.2) is 11.7 Å². The molecule has 1 N–H and O–H groups in total. The van der Waals surface area contributed by atoms with E-state index < -0.39 is 0 Å². The van der Waals surface area contributed by atoms with E-state index in [-0.39, 0.29) is 0 Å². The molecule has 31 heavy (non-hydrogen) atoms. The molecule has 0 spiro atoms. The molecule has 0 saturated carbocycles. The highest BCUT2D eigenvalue weighted by Crippen LogP contribution is 2.46. The van der Waals surface area contributed by atoms with Gasteiger partial charge in [0, 0.05) is 29.9 Å². The first-order chi connectivity index (χ1) is 15.3. The Morgan fingerprint density at radius 2 is 1.32 bits per heavy atom. The van der Waals surface area contributed by atoms with Crippen molar-refractivity contribution in [2.45, 2.75) is 25.2 Å². The Morgan fingerprint density at radius 1 is 0.710 bits per heavy atom. The molecule has 1 unspecified atom stereocenters. The average Bonchev–Trinajstić information content (AvgIpc) is 2.83. The van der Waals surface area contributed by atoms with Gasteiger partial charge in [-0.3, -0.25) is 0 Å². The molecule has 1 heterocycles. The van der Waals surface area contributed by atoms with E-state index in [0.29, 0.717) is 11.7 Å². The van der Waals surface area contributed by atoms with Crippen molar-refractivity contribution >= 4 is 11.4 Å². The molecular weight excluding hydrogens is 378 g/mol. The van der Waals surface area contributed by atoms with Crippen LogP contribution in [0.3, 0.4) is 0 Å². The van der Waals surface area contributed by atoms with E-state index in [2.05, 4.69) is 95.9 Å². The molecule has 0 radical (unpaired) electrons. The zero-order valence-corrected chi connectivity index (χ0v) is 17.6. The van der Waals surface area contributed by atoms with Gasteiger partial charge < -0.3 is 10.0 Å². The lowest BCUT2D eigenvalue weighted by Crippen LogP contribution is -2.28. The summed E-state index contributed by atoms with van der Waals surface area (Å²) in [4.78, 5) is 2.35. The Balaban J connectivity index is 1.57. The number of fused-ring (bicyclic) bond motifs is 1. The number of hydrogen-bond donors (Lipinski definition) is 1. The minimum atomic E-state index is 0.299. The van der Waals surface area contributed by atoms with E-state index in [1.807, 2.05) is 12.1 Å². The van der Waals surface area contributed by atoms with Crippen molar-refractivity contribution in [3.8, 4) is 5.75 Å². The van der Waals surface area contributed by atoms with Crippen molar-refractivity contribution in [2.24, 2.45) is 0 Å². The Labute approximate surface area is 184 Å². The van der Waals surface area contributed by atoms with Gasteiger partial charge >= 0.3 is 0 Å². The topological polar surface area (TPSA) is 23.5 Å². The molecule has 0 bridgehead atoms. The molecule has 1 aliphatic heterocycles. The summed E-state index contributed by atoms with van der Waals surface area (Å²) in [6, 6.07) is 35.8. The van der Waals surface area contributed by atoms with Gasteiger partial charge in [-0.05, 0) is 53.6 Å². The van der Waals surface area contributed by atoms with Crippen LogP contribution in [-0.2, 0) is 12.8 Å². The fourth-order valence-electron chi connectivity index (χ4n) is 4.77. The molecule has 5 rings (SSSR count). The number of phenols is 1. The molecule has 0 aromatic heterocycles. The molecule has 0 aliphatic carbocycles. The second-order valence-electron chi connectivity index (χ2n) is 8.33. The fourth-order valence-corrected chi connectivity index (χ4v) is 4.77. The Kier molecular flexibility index (Phi) is 5.45. The van der Waals surface area contributed by atoms with Crippen molar-refractivity contribution < 1.29 is 5.11 Å². The molecular formula is C29H27NO. The highest BCUT2D eigenvalue weighted by molar-refractivity contribution is 5.72. The Bertz CT molecular complexity index is 1140. The summed E-state index contributed by atoms with van der Waals surface area (Å²) < 4.78 is 0. The second-order valence-corrected chi connectivity index (χ2v) is 8.33. The van der Waals surface area contributed by atoms with Crippen LogP contribution in [0.15, 0.2) is 103 Å². The summed E-state index contributed by atoms with van der Waals surface area (Å²) in [6.07, 6.45) is 2.70. The largest absolute Gasteiger partial charge is 0.507 e. The van der Waals surface area contributed by atoms with Crippen LogP contribution in [0, 0.1) is 0 Å². The van der Waals surface area contributed by atoms with E-state index >= 15 is 0 Å². The van der Waals surface area contributed by atoms with Crippen LogP contribution in [0.25, 0.3) is 0 Å². The summed E-state index contributed by atoms with van der Waals surface area (Å²) in [6.45, 7) is 0.950. The van der Waals surface area contributed by atoms with Crippen LogP contribution >= 0.6 is 0 Å². The maximum absolute atomic E-state index is 11.5. The lowest BCUT2D eigenvalue weighted by molar-refractivity contribution is 0.447. The van der Waals surface area contributed by atoms with Crippen LogP contribution in [0.5, 0.6) is 5.75 Å². The quantitative estimate of drug-likeness (QED) is 0.392. The molecule has 1 aliphatic rings. The Morgan fingerprint density at radius 3 is 2.00 bits per heavy atom. The second kappa shape index (κ2) is 8.69. The van der Waals surface area contributed by atoms with Crippen molar-refractivity contribution in [3.05, 3.63) is 125 Å². The summed E-state index contributed by atoms with van der Waals surface area (Å²) in [5.74, 6) is 0.760. The van der Waals surface area contributed by atoms with E-state index in [0.717, 1.165) is 42.6 Å². The van der Waals surface area contributed by atoms with Gasteiger partial charge in [0.05, 0.1) is 0 Å². The zero-order chi connectivity index (χ0) is 21.0. The lowest BCUT2D eigenvalue weighted by atomic mass is 9.82. The van der Waals surface area contributed by atoms with Crippen molar-refractivity contribution in [2.75, 3.05) is 11.4 Å². The van der Waals surface area contributed by atoms with Gasteiger partial charge in [-0.2, -0.15) is 0 Å². The van der Waals surface area contributed by atoms with Crippen molar-refractivity contribution in [1.29, 1.82) is 0 Å². The van der Waals surface area contributed by atoms with E-state index in [1.54, 1.807) is 0 Å². The molecule has 4 aromatic carbocycles. The molecule has 0 fully saturated rings. The van der Waals surface area contributed by atoms with Gasteiger partial charge in [-0.25, -0.2) is 0 Å². The minimum Gasteiger partial charge on any atom is -0.507 e. The average molecular weight is 406 g/mol. The minimum absolute atomic E-state index is 0.299. The standard InChI is InChI=1S/C29H27NO/c31-29-25(21-23-12-6-2-7-13-23)16-17-27-28(29)24(20-22-10-4-1-5-11-22)18-19-30(27)26-14-8-3-9-15-26/h1-17,24,31H,18-21H2. The van der Waals surface area contributed by atoms with E-state index in [1.165, 1.54) is 16.8 Å². The summed E-state index contributed by atoms with van der Waals surface area (Å²) in [5.41, 5.74) is 6.93. The number of anilines is 2. The van der Waals surface area contributed by atoms with E-state index in [4.69, 9.17) is 0 Å². The molecule has 1 atom stereocenters. The van der Waals surface area contributed by atoms with Gasteiger partial charge in [0.25, 0.3) is 0 Å². The smallest absolute Gasteiger partial charge is 0.124 e. The molecule has 2 nitrogen and oxygen atoms in total. The number of hydrogen-bond acceptors (Lipinski definition) is 2. The fraction of sp³-hybridized carbons (Fsp3) is 0.172. The van der Waals surface area contributed by atoms with Crippen LogP contribution in [0.4, 0.5) is 11.4 Å². The first kappa shape index (κ1) is 19.4. The number of aromatic hydroxyl groups is 1. The summed E-state index contributed by atoms with van der Waals surface area (Å²) >= 11 is 0. The number of nitrogens with zero attached hydrogens (tertiary/aromatic N) is 1. The van der Waals surface area contributed by atoms with Gasteiger partial charge in [-0.1, -0.05) is 84.9 Å². The zero-order valence-electron chi connectivity index (χ0n) is 17.6. The Hall–Kier alpha value is -3.52. The monoisotopic (exact) mass is 405 g/mol. The SMILES string of the molecule is Oc1c(Cc2ccccc2)ccc2c1C(Cc1ccccc1)CCN2c1ccccc1. The molecule has 154 valence electrons. The predicted octanol–water partition coefficient (Wildman–Crippen LogP) is 6.85. The summed E-state index contributed by atoms with van der Waals surface area (Å²) in [5, 5.41) is 11.5. The number of para-hydroxylation sites is 1. The van der Waals surface area contributed by atoms with Crippen molar-refractivity contribution in [3.63, 3.8) is 0 Å². The highest BCUT2D eigenvalue weighted by Gasteiger charge is 2.30. The van der Waals surface area contributed by atoms with Gasteiger partial charge in [0.2, 0.25) is 0 Å². The number of rotatable bonds is 5. The van der Waals surface area contributed by atoms with Crippen LogP contribution in [0.1, 0.15) is 34.6 Å². The maximum atomic E-state index is 11.5. The number of phenolic OH excluding ortho intramolecular Hbond substituents is 1. The molecule has 2 heteroatoms. The first-order valence-electron chi connectivity index (χ1n) is 11.0. The third-order valence-electron chi connectivity index (χ3n) is 6.31. The molecule has 4 aromatic rings. The highest BCUT2D eigenvalue weighted by atomic mass is 16.3. The normalized spacial score (nSPS) is 15.5. The molecule has 0 saturated heterocycles. The van der Waals surface area contributed by atoms with Crippen molar-refractivity contribution in [1.82, 2.24) is 0 Å². The number of benzene rings is 4. The predicted molar refractivity (Wildman–Crippen MR) is 128 cm³/mol.